The number of hydrogen-bond acceptors (Lipinski definition) is 8. The molecule has 9 nitrogen and oxygen atoms in total. The predicted molar refractivity (Wildman–Crippen MR) is 151 cm³/mol. The zero-order valence-corrected chi connectivity index (χ0v) is 22.9. The molecule has 0 amide bonds. The van der Waals surface area contributed by atoms with Crippen LogP contribution in [0.4, 0.5) is 5.69 Å². The van der Waals surface area contributed by atoms with E-state index in [0.29, 0.717) is 31.4 Å². The number of nitro groups is 1. The number of hydrogen-bond donors (Lipinski definition) is 0. The lowest BCUT2D eigenvalue weighted by Gasteiger charge is -2.24. The van der Waals surface area contributed by atoms with Crippen molar-refractivity contribution in [2.75, 3.05) is 7.11 Å². The number of esters is 1. The Kier molecular flexibility index (Phi) is 7.63. The number of benzene rings is 3. The van der Waals surface area contributed by atoms with Crippen molar-refractivity contribution in [3.63, 3.8) is 0 Å². The van der Waals surface area contributed by atoms with Gasteiger partial charge in [0.15, 0.2) is 4.80 Å². The first-order chi connectivity index (χ1) is 19.2. The van der Waals surface area contributed by atoms with Gasteiger partial charge in [-0.05, 0) is 66.1 Å². The normalized spacial score (nSPS) is 14.9. The highest BCUT2D eigenvalue weighted by molar-refractivity contribution is 7.07. The summed E-state index contributed by atoms with van der Waals surface area (Å²) in [7, 11) is 1.29. The quantitative estimate of drug-likeness (QED) is 0.181. The molecule has 0 fully saturated rings. The van der Waals surface area contributed by atoms with Gasteiger partial charge in [-0.25, -0.2) is 9.79 Å². The molecule has 0 saturated heterocycles. The topological polar surface area (TPSA) is 113 Å². The molecule has 40 heavy (non-hydrogen) atoms. The van der Waals surface area contributed by atoms with Crippen molar-refractivity contribution in [1.29, 1.82) is 0 Å². The molecule has 1 aliphatic heterocycles. The molecule has 0 saturated carbocycles. The molecule has 0 bridgehead atoms. The van der Waals surface area contributed by atoms with Crippen LogP contribution in [0.1, 0.15) is 29.7 Å². The summed E-state index contributed by atoms with van der Waals surface area (Å²) < 4.78 is 12.8. The minimum absolute atomic E-state index is 0.0133. The Hall–Kier alpha value is -4.54. The van der Waals surface area contributed by atoms with Crippen molar-refractivity contribution < 1.29 is 19.2 Å². The predicted octanol–water partition coefficient (Wildman–Crippen LogP) is 4.55. The van der Waals surface area contributed by atoms with Gasteiger partial charge in [0.2, 0.25) is 0 Å². The standard InChI is InChI=1S/C29H22ClN3O6S/c1-17-25(28(35)38-2)26(20-8-10-21(30)11-9-20)32-27(34)24(40-29(32)31-17)15-19-4-3-5-23(14-19)39-16-18-6-12-22(13-7-18)33(36)37/h3-15,26H,16H2,1-2H3/b24-15-/t26-/m1/s1. The van der Waals surface area contributed by atoms with Crippen LogP contribution in [0.5, 0.6) is 5.75 Å². The molecule has 0 unspecified atom stereocenters. The molecule has 0 spiro atoms. The van der Waals surface area contributed by atoms with E-state index >= 15 is 0 Å². The summed E-state index contributed by atoms with van der Waals surface area (Å²) in [4.78, 5) is 41.9. The van der Waals surface area contributed by atoms with E-state index in [-0.39, 0.29) is 23.4 Å². The smallest absolute Gasteiger partial charge is 0.338 e. The van der Waals surface area contributed by atoms with E-state index in [1.54, 1.807) is 61.5 Å². The first-order valence-corrected chi connectivity index (χ1v) is 13.3. The highest BCUT2D eigenvalue weighted by Crippen LogP contribution is 2.31. The molecule has 0 radical (unpaired) electrons. The molecule has 1 atom stereocenters. The fourth-order valence-electron chi connectivity index (χ4n) is 4.38. The van der Waals surface area contributed by atoms with Gasteiger partial charge in [0.05, 0.1) is 33.9 Å². The second-order valence-electron chi connectivity index (χ2n) is 8.91. The lowest BCUT2D eigenvalue weighted by Crippen LogP contribution is -2.39. The third kappa shape index (κ3) is 5.45. The lowest BCUT2D eigenvalue weighted by molar-refractivity contribution is -0.384. The molecular formula is C29H22ClN3O6S. The van der Waals surface area contributed by atoms with Crippen LogP contribution in [0.15, 0.2) is 93.9 Å². The Morgan fingerprint density at radius 3 is 2.55 bits per heavy atom. The first-order valence-electron chi connectivity index (χ1n) is 12.1. The molecule has 0 aliphatic carbocycles. The van der Waals surface area contributed by atoms with E-state index < -0.39 is 16.9 Å². The summed E-state index contributed by atoms with van der Waals surface area (Å²) in [6, 6.07) is 19.6. The van der Waals surface area contributed by atoms with Crippen molar-refractivity contribution >= 4 is 40.7 Å². The summed E-state index contributed by atoms with van der Waals surface area (Å²) >= 11 is 7.31. The molecule has 0 N–H and O–H groups in total. The minimum atomic E-state index is -0.723. The Morgan fingerprint density at radius 2 is 1.88 bits per heavy atom. The number of fused-ring (bicyclic) bond motifs is 1. The van der Waals surface area contributed by atoms with E-state index in [1.165, 1.54) is 35.1 Å². The summed E-state index contributed by atoms with van der Waals surface area (Å²) in [5.41, 5.74) is 2.69. The van der Waals surface area contributed by atoms with Gasteiger partial charge in [-0.1, -0.05) is 47.2 Å². The van der Waals surface area contributed by atoms with Gasteiger partial charge in [-0.15, -0.1) is 0 Å². The highest BCUT2D eigenvalue weighted by atomic mass is 35.5. The fourth-order valence-corrected chi connectivity index (χ4v) is 5.55. The number of thiazole rings is 1. The van der Waals surface area contributed by atoms with Crippen LogP contribution in [0, 0.1) is 10.1 Å². The number of carbonyl (C=O) groups excluding carboxylic acids is 1. The zero-order valence-electron chi connectivity index (χ0n) is 21.4. The van der Waals surface area contributed by atoms with Gasteiger partial charge in [-0.3, -0.25) is 19.5 Å². The number of nitrogens with zero attached hydrogens (tertiary/aromatic N) is 3. The first kappa shape index (κ1) is 27.0. The number of aromatic nitrogens is 1. The number of nitro benzene ring substituents is 1. The Labute approximate surface area is 237 Å². The zero-order chi connectivity index (χ0) is 28.4. The van der Waals surface area contributed by atoms with E-state index in [0.717, 1.165) is 11.1 Å². The number of carbonyl (C=O) groups is 1. The average Bonchev–Trinajstić information content (AvgIpc) is 3.25. The van der Waals surface area contributed by atoms with Crippen molar-refractivity contribution in [1.82, 2.24) is 4.57 Å². The molecule has 1 aromatic heterocycles. The SMILES string of the molecule is COC(=O)C1=C(C)N=c2s/c(=C\c3cccc(OCc4ccc([N+](=O)[O-])cc4)c3)c(=O)n2[C@@H]1c1ccc(Cl)cc1. The van der Waals surface area contributed by atoms with Crippen molar-refractivity contribution in [3.8, 4) is 5.75 Å². The highest BCUT2D eigenvalue weighted by Gasteiger charge is 2.33. The van der Waals surface area contributed by atoms with Gasteiger partial charge in [0.1, 0.15) is 12.4 Å². The van der Waals surface area contributed by atoms with Gasteiger partial charge < -0.3 is 9.47 Å². The van der Waals surface area contributed by atoms with Crippen molar-refractivity contribution in [3.05, 3.63) is 136 Å². The summed E-state index contributed by atoms with van der Waals surface area (Å²) in [6.45, 7) is 1.94. The van der Waals surface area contributed by atoms with Crippen LogP contribution in [0.3, 0.4) is 0 Å². The van der Waals surface area contributed by atoms with Crippen molar-refractivity contribution in [2.24, 2.45) is 4.99 Å². The maximum absolute atomic E-state index is 13.7. The Bertz CT molecular complexity index is 1830. The van der Waals surface area contributed by atoms with E-state index in [2.05, 4.69) is 4.99 Å². The Morgan fingerprint density at radius 1 is 1.15 bits per heavy atom. The van der Waals surface area contributed by atoms with Crippen LogP contribution in [-0.2, 0) is 16.1 Å². The van der Waals surface area contributed by atoms with Crippen LogP contribution >= 0.6 is 22.9 Å². The number of allylic oxidation sites excluding steroid dienone is 1. The second kappa shape index (κ2) is 11.3. The number of methoxy groups -OCH3 is 1. The van der Waals surface area contributed by atoms with Gasteiger partial charge >= 0.3 is 5.97 Å². The third-order valence-electron chi connectivity index (χ3n) is 6.32. The summed E-state index contributed by atoms with van der Waals surface area (Å²) in [6.07, 6.45) is 1.75. The number of halogens is 1. The third-order valence-corrected chi connectivity index (χ3v) is 7.56. The van der Waals surface area contributed by atoms with Crippen LogP contribution in [0.25, 0.3) is 6.08 Å². The summed E-state index contributed by atoms with van der Waals surface area (Å²) in [5.74, 6) is 0.0103. The van der Waals surface area contributed by atoms with E-state index in [9.17, 15) is 19.7 Å². The second-order valence-corrected chi connectivity index (χ2v) is 10.4. The summed E-state index contributed by atoms with van der Waals surface area (Å²) in [5, 5.41) is 11.4. The molecule has 202 valence electrons. The van der Waals surface area contributed by atoms with Gasteiger partial charge in [0, 0.05) is 17.2 Å². The minimum Gasteiger partial charge on any atom is -0.489 e. The molecule has 2 heterocycles. The van der Waals surface area contributed by atoms with Gasteiger partial charge in [0.25, 0.3) is 11.2 Å². The monoisotopic (exact) mass is 575 g/mol. The molecule has 4 aromatic rings. The lowest BCUT2D eigenvalue weighted by atomic mass is 9.96. The average molecular weight is 576 g/mol. The van der Waals surface area contributed by atoms with Crippen LogP contribution in [-0.4, -0.2) is 22.6 Å². The fraction of sp³-hybridized carbons (Fsp3) is 0.138. The van der Waals surface area contributed by atoms with Crippen molar-refractivity contribution in [2.45, 2.75) is 19.6 Å². The van der Waals surface area contributed by atoms with E-state index in [1.807, 2.05) is 12.1 Å². The number of non-ortho nitro benzene ring substituents is 1. The maximum Gasteiger partial charge on any atom is 0.338 e. The number of rotatable bonds is 7. The van der Waals surface area contributed by atoms with Crippen LogP contribution < -0.4 is 19.6 Å². The molecule has 5 rings (SSSR count). The molecule has 3 aromatic carbocycles. The molecular weight excluding hydrogens is 554 g/mol. The Balaban J connectivity index is 1.49. The van der Waals surface area contributed by atoms with E-state index in [4.69, 9.17) is 21.1 Å². The maximum atomic E-state index is 13.7. The van der Waals surface area contributed by atoms with Gasteiger partial charge in [-0.2, -0.15) is 0 Å². The number of ether oxygens (including phenoxy) is 2. The molecule has 11 heteroatoms. The molecule has 1 aliphatic rings. The van der Waals surface area contributed by atoms with Crippen LogP contribution in [0.2, 0.25) is 5.02 Å². The largest absolute Gasteiger partial charge is 0.489 e.